The second-order valence-electron chi connectivity index (χ2n) is 5.93. The molecular formula is C15H20N2O4S. The first-order valence-corrected chi connectivity index (χ1v) is 9.15. The third-order valence-corrected chi connectivity index (χ3v) is 7.36. The number of nitrogens with zero attached hydrogens (tertiary/aromatic N) is 2. The first-order chi connectivity index (χ1) is 10.5. The first-order valence-electron chi connectivity index (χ1n) is 7.49. The number of pyridine rings is 1. The van der Waals surface area contributed by atoms with Gasteiger partial charge < -0.3 is 9.64 Å². The molecule has 22 heavy (non-hydrogen) atoms. The van der Waals surface area contributed by atoms with Gasteiger partial charge in [0, 0.05) is 43.6 Å². The predicted octanol–water partition coefficient (Wildman–Crippen LogP) is 0.747. The highest BCUT2D eigenvalue weighted by Gasteiger charge is 2.62. The Morgan fingerprint density at radius 2 is 2.09 bits per heavy atom. The smallest absolute Gasteiger partial charge is 0.254 e. The van der Waals surface area contributed by atoms with Crippen molar-refractivity contribution < 1.29 is 17.9 Å². The molecule has 3 heterocycles. The summed E-state index contributed by atoms with van der Waals surface area (Å²) in [5.41, 5.74) is 0.543. The third kappa shape index (κ3) is 2.32. The Balaban J connectivity index is 1.75. The van der Waals surface area contributed by atoms with Crippen molar-refractivity contribution in [1.29, 1.82) is 0 Å². The molecule has 7 heteroatoms. The summed E-state index contributed by atoms with van der Waals surface area (Å²) in [7, 11) is -3.16. The average molecular weight is 324 g/mol. The maximum absolute atomic E-state index is 12.4. The van der Waals surface area contributed by atoms with Crippen LogP contribution >= 0.6 is 0 Å². The molecule has 2 fully saturated rings. The Morgan fingerprint density at radius 1 is 1.41 bits per heavy atom. The molecule has 2 saturated heterocycles. The molecule has 120 valence electrons. The maximum atomic E-state index is 12.4. The molecule has 1 amide bonds. The lowest BCUT2D eigenvalue weighted by molar-refractivity contribution is 0.0271. The fourth-order valence-electron chi connectivity index (χ4n) is 3.39. The second-order valence-corrected chi connectivity index (χ2v) is 8.38. The lowest BCUT2D eigenvalue weighted by Crippen LogP contribution is -2.68. The van der Waals surface area contributed by atoms with Gasteiger partial charge in [-0.05, 0) is 25.5 Å². The molecule has 6 nitrogen and oxygen atoms in total. The van der Waals surface area contributed by atoms with Gasteiger partial charge in [-0.2, -0.15) is 0 Å². The zero-order valence-corrected chi connectivity index (χ0v) is 13.4. The Labute approximate surface area is 130 Å². The average Bonchev–Trinajstić information content (AvgIpc) is 2.74. The normalized spacial score (nSPS) is 25.1. The van der Waals surface area contributed by atoms with E-state index in [9.17, 15) is 13.2 Å². The van der Waals surface area contributed by atoms with Crippen LogP contribution in [0.4, 0.5) is 0 Å². The summed E-state index contributed by atoms with van der Waals surface area (Å²) in [5, 5.41) is 0. The van der Waals surface area contributed by atoms with Gasteiger partial charge in [-0.25, -0.2) is 8.42 Å². The van der Waals surface area contributed by atoms with E-state index in [0.29, 0.717) is 25.2 Å². The number of sulfone groups is 1. The molecule has 0 aliphatic carbocycles. The van der Waals surface area contributed by atoms with Gasteiger partial charge in [-0.3, -0.25) is 9.78 Å². The quantitative estimate of drug-likeness (QED) is 0.817. The minimum absolute atomic E-state index is 0.0149. The lowest BCUT2D eigenvalue weighted by atomic mass is 9.83. The van der Waals surface area contributed by atoms with Crippen LogP contribution in [0, 0.1) is 5.92 Å². The van der Waals surface area contributed by atoms with E-state index in [2.05, 4.69) is 4.98 Å². The Bertz CT molecular complexity index is 653. The van der Waals surface area contributed by atoms with Gasteiger partial charge in [0.2, 0.25) is 0 Å². The van der Waals surface area contributed by atoms with E-state index < -0.39 is 14.6 Å². The molecule has 0 bridgehead atoms. The standard InChI is InChI=1S/C15H20N2O4S/c1-2-21-9-13-5-8-22(19,20)15(13)10-17(11-15)14(18)12-3-6-16-7-4-12/h3-4,6-7,13H,2,5,8-11H2,1H3. The van der Waals surface area contributed by atoms with Crippen molar-refractivity contribution in [2.75, 3.05) is 32.1 Å². The van der Waals surface area contributed by atoms with Crippen molar-refractivity contribution in [3.05, 3.63) is 30.1 Å². The fourth-order valence-corrected chi connectivity index (χ4v) is 5.79. The molecule has 1 aromatic rings. The molecule has 2 aliphatic heterocycles. The Hall–Kier alpha value is -1.47. The van der Waals surface area contributed by atoms with Crippen LogP contribution < -0.4 is 0 Å². The number of hydrogen-bond donors (Lipinski definition) is 0. The van der Waals surface area contributed by atoms with Gasteiger partial charge in [0.1, 0.15) is 4.75 Å². The van der Waals surface area contributed by atoms with Crippen LogP contribution in [-0.2, 0) is 14.6 Å². The number of hydrogen-bond acceptors (Lipinski definition) is 5. The van der Waals surface area contributed by atoms with Crippen LogP contribution in [0.2, 0.25) is 0 Å². The van der Waals surface area contributed by atoms with Crippen LogP contribution in [0.15, 0.2) is 24.5 Å². The molecule has 0 aromatic carbocycles. The minimum Gasteiger partial charge on any atom is -0.381 e. The topological polar surface area (TPSA) is 76.6 Å². The highest BCUT2D eigenvalue weighted by molar-refractivity contribution is 7.93. The molecule has 0 radical (unpaired) electrons. The summed E-state index contributed by atoms with van der Waals surface area (Å²) in [4.78, 5) is 17.9. The van der Waals surface area contributed by atoms with Crippen LogP contribution in [0.1, 0.15) is 23.7 Å². The predicted molar refractivity (Wildman–Crippen MR) is 81.3 cm³/mol. The molecule has 1 aromatic heterocycles. The monoisotopic (exact) mass is 324 g/mol. The summed E-state index contributed by atoms with van der Waals surface area (Å²) in [6.45, 7) is 3.47. The number of carbonyl (C=O) groups excluding carboxylic acids is 1. The fraction of sp³-hybridized carbons (Fsp3) is 0.600. The van der Waals surface area contributed by atoms with E-state index >= 15 is 0 Å². The summed E-state index contributed by atoms with van der Waals surface area (Å²) >= 11 is 0. The van der Waals surface area contributed by atoms with Crippen molar-refractivity contribution in [2.45, 2.75) is 18.1 Å². The highest BCUT2D eigenvalue weighted by Crippen LogP contribution is 2.45. The van der Waals surface area contributed by atoms with E-state index in [-0.39, 0.29) is 30.7 Å². The molecule has 1 unspecified atom stereocenters. The van der Waals surface area contributed by atoms with Crippen molar-refractivity contribution in [3.63, 3.8) is 0 Å². The number of rotatable bonds is 4. The number of ether oxygens (including phenoxy) is 1. The number of carbonyl (C=O) groups is 1. The van der Waals surface area contributed by atoms with Gasteiger partial charge >= 0.3 is 0 Å². The molecule has 0 saturated carbocycles. The van der Waals surface area contributed by atoms with E-state index in [0.717, 1.165) is 0 Å². The summed E-state index contributed by atoms with van der Waals surface area (Å²) < 4.78 is 29.5. The molecule has 1 spiro atoms. The SMILES string of the molecule is CCOCC1CCS(=O)(=O)C12CN(C(=O)c1ccncc1)C2. The summed E-state index contributed by atoms with van der Waals surface area (Å²) in [6.07, 6.45) is 3.75. The summed E-state index contributed by atoms with van der Waals surface area (Å²) in [5.74, 6) is 0.0476. The van der Waals surface area contributed by atoms with Gasteiger partial charge in [-0.15, -0.1) is 0 Å². The van der Waals surface area contributed by atoms with Crippen LogP contribution in [0.25, 0.3) is 0 Å². The lowest BCUT2D eigenvalue weighted by Gasteiger charge is -2.49. The third-order valence-electron chi connectivity index (χ3n) is 4.75. The summed E-state index contributed by atoms with van der Waals surface area (Å²) in [6, 6.07) is 3.29. The largest absolute Gasteiger partial charge is 0.381 e. The first kappa shape index (κ1) is 15.4. The van der Waals surface area contributed by atoms with Gasteiger partial charge in [-0.1, -0.05) is 0 Å². The van der Waals surface area contributed by atoms with Crippen LogP contribution in [0.3, 0.4) is 0 Å². The highest BCUT2D eigenvalue weighted by atomic mass is 32.2. The van der Waals surface area contributed by atoms with Gasteiger partial charge in [0.15, 0.2) is 9.84 Å². The van der Waals surface area contributed by atoms with Crippen molar-refractivity contribution in [1.82, 2.24) is 9.88 Å². The number of amides is 1. The van der Waals surface area contributed by atoms with Crippen LogP contribution in [-0.4, -0.2) is 61.0 Å². The second kappa shape index (κ2) is 5.62. The Morgan fingerprint density at radius 3 is 2.73 bits per heavy atom. The number of aromatic nitrogens is 1. The van der Waals surface area contributed by atoms with E-state index in [1.165, 1.54) is 0 Å². The van der Waals surface area contributed by atoms with Gasteiger partial charge in [0.05, 0.1) is 12.4 Å². The van der Waals surface area contributed by atoms with Crippen molar-refractivity contribution in [2.24, 2.45) is 5.92 Å². The van der Waals surface area contributed by atoms with Crippen LogP contribution in [0.5, 0.6) is 0 Å². The Kier molecular flexibility index (Phi) is 3.94. The molecule has 1 atom stereocenters. The zero-order chi connectivity index (χ0) is 15.8. The van der Waals surface area contributed by atoms with Crippen molar-refractivity contribution in [3.8, 4) is 0 Å². The molecule has 3 rings (SSSR count). The zero-order valence-electron chi connectivity index (χ0n) is 12.6. The maximum Gasteiger partial charge on any atom is 0.254 e. The molecular weight excluding hydrogens is 304 g/mol. The van der Waals surface area contributed by atoms with E-state index in [1.807, 2.05) is 6.92 Å². The van der Waals surface area contributed by atoms with Crippen molar-refractivity contribution >= 4 is 15.7 Å². The number of likely N-dealkylation sites (tertiary alicyclic amines) is 1. The van der Waals surface area contributed by atoms with E-state index in [1.54, 1.807) is 29.4 Å². The van der Waals surface area contributed by atoms with Gasteiger partial charge in [0.25, 0.3) is 5.91 Å². The van der Waals surface area contributed by atoms with E-state index in [4.69, 9.17) is 4.74 Å². The minimum atomic E-state index is -3.16. The molecule has 2 aliphatic rings. The molecule has 0 N–H and O–H groups in total.